The summed E-state index contributed by atoms with van der Waals surface area (Å²) in [7, 11) is 0. The second-order valence-electron chi connectivity index (χ2n) is 8.27. The summed E-state index contributed by atoms with van der Waals surface area (Å²) in [5.41, 5.74) is 4.79. The average molecular weight is 448 g/mol. The van der Waals surface area contributed by atoms with Crippen LogP contribution in [0.3, 0.4) is 0 Å². The molecule has 0 unspecified atom stereocenters. The van der Waals surface area contributed by atoms with Crippen molar-refractivity contribution < 1.29 is 0 Å². The fourth-order valence-electron chi connectivity index (χ4n) is 4.36. The summed E-state index contributed by atoms with van der Waals surface area (Å²) in [6.45, 7) is 9.15. The van der Waals surface area contributed by atoms with Crippen LogP contribution >= 0.6 is 0 Å². The van der Waals surface area contributed by atoms with E-state index in [0.29, 0.717) is 26.2 Å². The van der Waals surface area contributed by atoms with Crippen LogP contribution in [0.4, 0.5) is 0 Å². The smallest absolute Gasteiger partial charge is 0.326 e. The lowest BCUT2D eigenvalue weighted by Crippen LogP contribution is -2.26. The Morgan fingerprint density at radius 3 is 2.29 bits per heavy atom. The quantitative estimate of drug-likeness (QED) is 0.246. The number of para-hydroxylation sites is 2. The summed E-state index contributed by atoms with van der Waals surface area (Å²) >= 11 is 0. The molecular weight excluding hydrogens is 422 g/mol. The minimum Gasteiger partial charge on any atom is -0.326 e. The second-order valence-corrected chi connectivity index (χ2v) is 8.27. The second kappa shape index (κ2) is 9.63. The Labute approximate surface area is 198 Å². The Balaban J connectivity index is 1.60. The Kier molecular flexibility index (Phi) is 6.09. The molecule has 0 N–H and O–H groups in total. The standard InChI is InChI=1S/C28H25N5O/c1-29-17-10-18-32-25-16-9-8-15-24(25)30-27(32)21-33-26(23-13-6-3-7-14-23)20-31(28(33)34)19-22-11-4-2-5-12-22/h2-9,11-16,20H,10,17-19,21H2. The number of hydrogen-bond acceptors (Lipinski definition) is 2. The number of imidazole rings is 2. The SMILES string of the molecule is [C-]#[N+]CCCn1c(Cn2c(-c3ccccc3)cn(Cc3ccccc3)c2=O)nc2ccccc21. The summed E-state index contributed by atoms with van der Waals surface area (Å²) in [5, 5.41) is 0. The van der Waals surface area contributed by atoms with Gasteiger partial charge in [0, 0.05) is 19.2 Å². The van der Waals surface area contributed by atoms with Crippen LogP contribution in [0.1, 0.15) is 17.8 Å². The zero-order valence-electron chi connectivity index (χ0n) is 18.8. The van der Waals surface area contributed by atoms with E-state index in [1.54, 1.807) is 4.57 Å². The molecule has 0 saturated carbocycles. The van der Waals surface area contributed by atoms with Crippen LogP contribution in [-0.2, 0) is 19.6 Å². The highest BCUT2D eigenvalue weighted by atomic mass is 16.1. The van der Waals surface area contributed by atoms with Gasteiger partial charge in [-0.15, -0.1) is 0 Å². The molecule has 0 saturated heterocycles. The monoisotopic (exact) mass is 447 g/mol. The summed E-state index contributed by atoms with van der Waals surface area (Å²) in [4.78, 5) is 22.0. The third kappa shape index (κ3) is 4.28. The molecule has 168 valence electrons. The van der Waals surface area contributed by atoms with Gasteiger partial charge >= 0.3 is 5.69 Å². The van der Waals surface area contributed by atoms with Crippen LogP contribution in [-0.4, -0.2) is 25.2 Å². The molecule has 0 aliphatic rings. The molecule has 34 heavy (non-hydrogen) atoms. The molecule has 5 rings (SSSR count). The summed E-state index contributed by atoms with van der Waals surface area (Å²) in [6.07, 6.45) is 2.68. The normalized spacial score (nSPS) is 11.0. The first-order chi connectivity index (χ1) is 16.7. The molecule has 3 aromatic carbocycles. The van der Waals surface area contributed by atoms with Crippen LogP contribution < -0.4 is 5.69 Å². The van der Waals surface area contributed by atoms with Gasteiger partial charge in [0.15, 0.2) is 0 Å². The first kappa shape index (κ1) is 21.5. The van der Waals surface area contributed by atoms with Gasteiger partial charge < -0.3 is 9.41 Å². The molecule has 6 nitrogen and oxygen atoms in total. The van der Waals surface area contributed by atoms with Crippen molar-refractivity contribution in [2.24, 2.45) is 0 Å². The van der Waals surface area contributed by atoms with E-state index < -0.39 is 0 Å². The summed E-state index contributed by atoms with van der Waals surface area (Å²) in [6, 6.07) is 28.0. The maximum Gasteiger partial charge on any atom is 0.329 e. The van der Waals surface area contributed by atoms with E-state index in [2.05, 4.69) is 9.41 Å². The maximum absolute atomic E-state index is 13.6. The van der Waals surface area contributed by atoms with Crippen molar-refractivity contribution in [1.82, 2.24) is 18.7 Å². The van der Waals surface area contributed by atoms with Crippen molar-refractivity contribution in [3.8, 4) is 11.3 Å². The highest BCUT2D eigenvalue weighted by molar-refractivity contribution is 5.76. The van der Waals surface area contributed by atoms with Gasteiger partial charge in [-0.1, -0.05) is 72.8 Å². The lowest BCUT2D eigenvalue weighted by molar-refractivity contribution is 0.605. The number of aryl methyl sites for hydroxylation is 1. The van der Waals surface area contributed by atoms with Gasteiger partial charge in [-0.3, -0.25) is 9.13 Å². The third-order valence-corrected chi connectivity index (χ3v) is 6.00. The Morgan fingerprint density at radius 2 is 1.53 bits per heavy atom. The number of fused-ring (bicyclic) bond motifs is 1. The van der Waals surface area contributed by atoms with E-state index in [-0.39, 0.29) is 5.69 Å². The van der Waals surface area contributed by atoms with E-state index in [1.807, 2.05) is 95.7 Å². The molecule has 0 spiro atoms. The maximum atomic E-state index is 13.6. The number of aromatic nitrogens is 4. The number of benzene rings is 3. The van der Waals surface area contributed by atoms with Crippen molar-refractivity contribution in [1.29, 1.82) is 0 Å². The van der Waals surface area contributed by atoms with Crippen molar-refractivity contribution in [2.45, 2.75) is 26.1 Å². The molecule has 0 bridgehead atoms. The molecule has 0 aliphatic heterocycles. The van der Waals surface area contributed by atoms with Gasteiger partial charge in [-0.05, 0) is 23.3 Å². The van der Waals surface area contributed by atoms with Gasteiger partial charge in [-0.2, -0.15) is 0 Å². The molecule has 0 fully saturated rings. The van der Waals surface area contributed by atoms with Gasteiger partial charge in [0.1, 0.15) is 5.82 Å². The molecule has 0 amide bonds. The lowest BCUT2D eigenvalue weighted by atomic mass is 10.1. The molecule has 0 aliphatic carbocycles. The van der Waals surface area contributed by atoms with Crippen LogP contribution in [0.5, 0.6) is 0 Å². The summed E-state index contributed by atoms with van der Waals surface area (Å²) in [5.74, 6) is 0.822. The molecule has 0 radical (unpaired) electrons. The van der Waals surface area contributed by atoms with Gasteiger partial charge in [0.05, 0.1) is 29.8 Å². The van der Waals surface area contributed by atoms with E-state index in [9.17, 15) is 4.79 Å². The van der Waals surface area contributed by atoms with Crippen molar-refractivity contribution in [3.63, 3.8) is 0 Å². The molecule has 6 heteroatoms. The third-order valence-electron chi connectivity index (χ3n) is 6.00. The van der Waals surface area contributed by atoms with E-state index in [1.165, 1.54) is 0 Å². The number of rotatable bonds is 8. The van der Waals surface area contributed by atoms with E-state index in [0.717, 1.165) is 40.1 Å². The minimum absolute atomic E-state index is 0.0672. The largest absolute Gasteiger partial charge is 0.329 e. The first-order valence-corrected chi connectivity index (χ1v) is 11.4. The minimum atomic E-state index is -0.0672. The highest BCUT2D eigenvalue weighted by Gasteiger charge is 2.18. The molecular formula is C28H25N5O. The Hall–Kier alpha value is -4.37. The Morgan fingerprint density at radius 1 is 0.824 bits per heavy atom. The zero-order valence-corrected chi connectivity index (χ0v) is 18.8. The van der Waals surface area contributed by atoms with Gasteiger partial charge in [0.25, 0.3) is 0 Å². The number of hydrogen-bond donors (Lipinski definition) is 0. The number of nitrogens with zero attached hydrogens (tertiary/aromatic N) is 5. The van der Waals surface area contributed by atoms with E-state index in [4.69, 9.17) is 11.6 Å². The average Bonchev–Trinajstić information content (AvgIpc) is 3.38. The van der Waals surface area contributed by atoms with E-state index >= 15 is 0 Å². The highest BCUT2D eigenvalue weighted by Crippen LogP contribution is 2.22. The Bertz CT molecular complexity index is 1500. The lowest BCUT2D eigenvalue weighted by Gasteiger charge is -2.10. The fraction of sp³-hybridized carbons (Fsp3) is 0.179. The van der Waals surface area contributed by atoms with Crippen LogP contribution in [0, 0.1) is 6.57 Å². The van der Waals surface area contributed by atoms with Crippen molar-refractivity contribution in [2.75, 3.05) is 6.54 Å². The first-order valence-electron chi connectivity index (χ1n) is 11.4. The van der Waals surface area contributed by atoms with Crippen LogP contribution in [0.15, 0.2) is 95.9 Å². The van der Waals surface area contributed by atoms with Crippen molar-refractivity contribution in [3.05, 3.63) is 124 Å². The fourth-order valence-corrected chi connectivity index (χ4v) is 4.36. The predicted octanol–water partition coefficient (Wildman–Crippen LogP) is 5.07. The molecule has 0 atom stereocenters. The predicted molar refractivity (Wildman–Crippen MR) is 135 cm³/mol. The molecule has 2 aromatic heterocycles. The molecule has 5 aromatic rings. The van der Waals surface area contributed by atoms with Crippen LogP contribution in [0.2, 0.25) is 0 Å². The topological polar surface area (TPSA) is 49.1 Å². The van der Waals surface area contributed by atoms with Crippen LogP contribution in [0.25, 0.3) is 27.1 Å². The molecule has 2 heterocycles. The van der Waals surface area contributed by atoms with Gasteiger partial charge in [0.2, 0.25) is 6.54 Å². The zero-order chi connectivity index (χ0) is 23.3. The summed E-state index contributed by atoms with van der Waals surface area (Å²) < 4.78 is 5.73. The van der Waals surface area contributed by atoms with Crippen molar-refractivity contribution >= 4 is 11.0 Å². The van der Waals surface area contributed by atoms with Gasteiger partial charge in [-0.25, -0.2) is 16.4 Å².